The van der Waals surface area contributed by atoms with Crippen molar-refractivity contribution in [2.75, 3.05) is 0 Å². The van der Waals surface area contributed by atoms with E-state index in [2.05, 4.69) is 54.6 Å². The van der Waals surface area contributed by atoms with E-state index in [-0.39, 0.29) is 6.04 Å². The standard InChI is InChI=1S/C18H21N/c19-18(13-14-7-2-1-3-8-14)17-12-6-10-15-9-4-5-11-16(15)17/h1-5,7-9,11,17-18H,6,10,12-13,19H2. The molecule has 1 heteroatoms. The quantitative estimate of drug-likeness (QED) is 0.885. The molecule has 3 rings (SSSR count). The molecule has 2 unspecified atom stereocenters. The Labute approximate surface area is 115 Å². The van der Waals surface area contributed by atoms with E-state index < -0.39 is 0 Å². The van der Waals surface area contributed by atoms with Crippen molar-refractivity contribution in [3.05, 3.63) is 71.3 Å². The number of hydrogen-bond donors (Lipinski definition) is 1. The maximum atomic E-state index is 6.50. The zero-order valence-corrected chi connectivity index (χ0v) is 11.3. The highest BCUT2D eigenvalue weighted by Crippen LogP contribution is 2.34. The number of nitrogens with two attached hydrogens (primary N) is 1. The monoisotopic (exact) mass is 251 g/mol. The molecule has 2 aromatic rings. The molecule has 0 amide bonds. The summed E-state index contributed by atoms with van der Waals surface area (Å²) >= 11 is 0. The van der Waals surface area contributed by atoms with Crippen molar-refractivity contribution in [2.45, 2.75) is 37.6 Å². The third kappa shape index (κ3) is 2.71. The second kappa shape index (κ2) is 5.58. The van der Waals surface area contributed by atoms with Crippen LogP contribution >= 0.6 is 0 Å². The van der Waals surface area contributed by atoms with Crippen LogP contribution in [0.15, 0.2) is 54.6 Å². The molecular weight excluding hydrogens is 230 g/mol. The Bertz CT molecular complexity index is 532. The molecule has 0 heterocycles. The minimum atomic E-state index is 0.226. The number of aryl methyl sites for hydroxylation is 1. The first-order valence-electron chi connectivity index (χ1n) is 7.22. The molecule has 1 nitrogen and oxygen atoms in total. The zero-order valence-electron chi connectivity index (χ0n) is 11.3. The van der Waals surface area contributed by atoms with Crippen LogP contribution in [0.2, 0.25) is 0 Å². The first kappa shape index (κ1) is 12.4. The molecule has 98 valence electrons. The summed E-state index contributed by atoms with van der Waals surface area (Å²) in [5.74, 6) is 0.519. The van der Waals surface area contributed by atoms with Crippen molar-refractivity contribution in [2.24, 2.45) is 5.73 Å². The Kier molecular flexibility index (Phi) is 3.65. The van der Waals surface area contributed by atoms with Crippen LogP contribution in [0.25, 0.3) is 0 Å². The summed E-state index contributed by atoms with van der Waals surface area (Å²) < 4.78 is 0. The van der Waals surface area contributed by atoms with E-state index in [0.29, 0.717) is 5.92 Å². The maximum absolute atomic E-state index is 6.50. The van der Waals surface area contributed by atoms with Crippen molar-refractivity contribution < 1.29 is 0 Å². The van der Waals surface area contributed by atoms with E-state index in [0.717, 1.165) is 6.42 Å². The summed E-state index contributed by atoms with van der Waals surface area (Å²) in [5.41, 5.74) is 10.8. The van der Waals surface area contributed by atoms with Gasteiger partial charge in [-0.2, -0.15) is 0 Å². The fourth-order valence-corrected chi connectivity index (χ4v) is 3.26. The fraction of sp³-hybridized carbons (Fsp3) is 0.333. The van der Waals surface area contributed by atoms with Crippen LogP contribution in [-0.4, -0.2) is 6.04 Å². The van der Waals surface area contributed by atoms with Crippen LogP contribution in [0.4, 0.5) is 0 Å². The molecule has 0 saturated heterocycles. The average Bonchev–Trinajstić information content (AvgIpc) is 2.47. The second-order valence-electron chi connectivity index (χ2n) is 5.55. The molecule has 0 bridgehead atoms. The van der Waals surface area contributed by atoms with Crippen LogP contribution in [0.1, 0.15) is 35.4 Å². The highest BCUT2D eigenvalue weighted by Gasteiger charge is 2.25. The fourth-order valence-electron chi connectivity index (χ4n) is 3.26. The van der Waals surface area contributed by atoms with Crippen molar-refractivity contribution in [1.29, 1.82) is 0 Å². The molecule has 2 aromatic carbocycles. The predicted octanol–water partition coefficient (Wildman–Crippen LogP) is 3.68. The molecule has 0 aliphatic heterocycles. The third-order valence-corrected chi connectivity index (χ3v) is 4.25. The molecular formula is C18H21N. The summed E-state index contributed by atoms with van der Waals surface area (Å²) in [6, 6.07) is 19.6. The molecule has 0 aromatic heterocycles. The Morgan fingerprint density at radius 3 is 2.58 bits per heavy atom. The van der Waals surface area contributed by atoms with Crippen molar-refractivity contribution in [3.63, 3.8) is 0 Å². The highest BCUT2D eigenvalue weighted by molar-refractivity contribution is 5.34. The normalized spacial score (nSPS) is 19.7. The third-order valence-electron chi connectivity index (χ3n) is 4.25. The van der Waals surface area contributed by atoms with Gasteiger partial charge in [0.25, 0.3) is 0 Å². The summed E-state index contributed by atoms with van der Waals surface area (Å²) in [4.78, 5) is 0. The van der Waals surface area contributed by atoms with Crippen LogP contribution in [0, 0.1) is 0 Å². The van der Waals surface area contributed by atoms with Gasteiger partial charge < -0.3 is 5.73 Å². The first-order chi connectivity index (χ1) is 9.34. The van der Waals surface area contributed by atoms with E-state index in [1.54, 1.807) is 0 Å². The van der Waals surface area contributed by atoms with Crippen LogP contribution in [0.3, 0.4) is 0 Å². The lowest BCUT2D eigenvalue weighted by atomic mass is 9.77. The number of fused-ring (bicyclic) bond motifs is 1. The minimum Gasteiger partial charge on any atom is -0.327 e. The Morgan fingerprint density at radius 1 is 1.00 bits per heavy atom. The lowest BCUT2D eigenvalue weighted by Gasteiger charge is -2.30. The minimum absolute atomic E-state index is 0.226. The summed E-state index contributed by atoms with van der Waals surface area (Å²) in [7, 11) is 0. The van der Waals surface area contributed by atoms with Crippen LogP contribution in [-0.2, 0) is 12.8 Å². The summed E-state index contributed by atoms with van der Waals surface area (Å²) in [6.07, 6.45) is 4.68. The Morgan fingerprint density at radius 2 is 1.74 bits per heavy atom. The van der Waals surface area contributed by atoms with Gasteiger partial charge in [0.15, 0.2) is 0 Å². The Balaban J connectivity index is 1.80. The van der Waals surface area contributed by atoms with Gasteiger partial charge in [-0.05, 0) is 48.3 Å². The second-order valence-corrected chi connectivity index (χ2v) is 5.55. The van der Waals surface area contributed by atoms with Gasteiger partial charge in [-0.15, -0.1) is 0 Å². The zero-order chi connectivity index (χ0) is 13.1. The molecule has 19 heavy (non-hydrogen) atoms. The Hall–Kier alpha value is -1.60. The summed E-state index contributed by atoms with van der Waals surface area (Å²) in [6.45, 7) is 0. The molecule has 0 saturated carbocycles. The van der Waals surface area contributed by atoms with Gasteiger partial charge in [-0.25, -0.2) is 0 Å². The highest BCUT2D eigenvalue weighted by atomic mass is 14.7. The molecule has 2 atom stereocenters. The van der Waals surface area contributed by atoms with Crippen molar-refractivity contribution in [1.82, 2.24) is 0 Å². The van der Waals surface area contributed by atoms with Gasteiger partial charge in [0.05, 0.1) is 0 Å². The van der Waals surface area contributed by atoms with Crippen LogP contribution in [0.5, 0.6) is 0 Å². The number of benzene rings is 2. The van der Waals surface area contributed by atoms with E-state index in [1.165, 1.54) is 36.0 Å². The van der Waals surface area contributed by atoms with Gasteiger partial charge in [-0.1, -0.05) is 54.6 Å². The largest absolute Gasteiger partial charge is 0.327 e. The lowest BCUT2D eigenvalue weighted by molar-refractivity contribution is 0.460. The molecule has 0 fully saturated rings. The SMILES string of the molecule is NC(Cc1ccccc1)C1CCCc2ccccc21. The van der Waals surface area contributed by atoms with Gasteiger partial charge in [0.1, 0.15) is 0 Å². The van der Waals surface area contributed by atoms with E-state index in [9.17, 15) is 0 Å². The molecule has 2 N–H and O–H groups in total. The smallest absolute Gasteiger partial charge is 0.0149 e. The van der Waals surface area contributed by atoms with Crippen molar-refractivity contribution in [3.8, 4) is 0 Å². The maximum Gasteiger partial charge on any atom is 0.0149 e. The topological polar surface area (TPSA) is 26.0 Å². The van der Waals surface area contributed by atoms with Crippen LogP contribution < -0.4 is 5.73 Å². The average molecular weight is 251 g/mol. The van der Waals surface area contributed by atoms with Gasteiger partial charge in [0.2, 0.25) is 0 Å². The van der Waals surface area contributed by atoms with E-state index in [1.807, 2.05) is 0 Å². The van der Waals surface area contributed by atoms with E-state index in [4.69, 9.17) is 5.73 Å². The van der Waals surface area contributed by atoms with Gasteiger partial charge >= 0.3 is 0 Å². The molecule has 0 radical (unpaired) electrons. The lowest BCUT2D eigenvalue weighted by Crippen LogP contribution is -2.32. The number of rotatable bonds is 3. The summed E-state index contributed by atoms with van der Waals surface area (Å²) in [5, 5.41) is 0. The molecule has 1 aliphatic rings. The van der Waals surface area contributed by atoms with E-state index >= 15 is 0 Å². The first-order valence-corrected chi connectivity index (χ1v) is 7.22. The van der Waals surface area contributed by atoms with Crippen molar-refractivity contribution >= 4 is 0 Å². The number of hydrogen-bond acceptors (Lipinski definition) is 1. The van der Waals surface area contributed by atoms with Gasteiger partial charge in [0, 0.05) is 6.04 Å². The predicted molar refractivity (Wildman–Crippen MR) is 80.2 cm³/mol. The molecule has 0 spiro atoms. The van der Waals surface area contributed by atoms with Gasteiger partial charge in [-0.3, -0.25) is 0 Å². The molecule has 1 aliphatic carbocycles.